The van der Waals surface area contributed by atoms with Crippen molar-refractivity contribution in [3.63, 3.8) is 0 Å². The molecule has 0 radical (unpaired) electrons. The molecule has 0 N–H and O–H groups in total. The van der Waals surface area contributed by atoms with E-state index in [2.05, 4.69) is 9.97 Å². The van der Waals surface area contributed by atoms with Crippen molar-refractivity contribution in [2.45, 2.75) is 12.7 Å². The summed E-state index contributed by atoms with van der Waals surface area (Å²) in [6, 6.07) is 0. The van der Waals surface area contributed by atoms with Gasteiger partial charge in [0, 0.05) is 18.0 Å². The second kappa shape index (κ2) is 3.60. The van der Waals surface area contributed by atoms with E-state index in [0.29, 0.717) is 0 Å². The zero-order valence-corrected chi connectivity index (χ0v) is 6.64. The van der Waals surface area contributed by atoms with Crippen LogP contribution in [-0.2, 0) is 9.47 Å². The Morgan fingerprint density at radius 1 is 1.17 bits per heavy atom. The van der Waals surface area contributed by atoms with Gasteiger partial charge in [-0.05, 0) is 6.42 Å². The predicted octanol–water partition coefficient (Wildman–Crippen LogP) is 0.912. The second-order valence-corrected chi connectivity index (χ2v) is 2.60. The molecule has 4 nitrogen and oxygen atoms in total. The highest BCUT2D eigenvalue weighted by Gasteiger charge is 2.16. The molecular formula is C8H10N2O2. The fourth-order valence-corrected chi connectivity index (χ4v) is 1.11. The molecule has 0 atom stereocenters. The molecule has 2 heterocycles. The van der Waals surface area contributed by atoms with Crippen molar-refractivity contribution in [2.75, 3.05) is 13.2 Å². The topological polar surface area (TPSA) is 44.2 Å². The maximum Gasteiger partial charge on any atom is 0.186 e. The smallest absolute Gasteiger partial charge is 0.186 e. The lowest BCUT2D eigenvalue weighted by Gasteiger charge is -2.22. The van der Waals surface area contributed by atoms with E-state index < -0.39 is 0 Å². The fraction of sp³-hybridized carbons (Fsp3) is 0.500. The van der Waals surface area contributed by atoms with E-state index in [1.165, 1.54) is 6.33 Å². The molecule has 0 aliphatic carbocycles. The monoisotopic (exact) mass is 166 g/mol. The lowest BCUT2D eigenvalue weighted by molar-refractivity contribution is -0.183. The van der Waals surface area contributed by atoms with Crippen LogP contribution in [0.2, 0.25) is 0 Å². The molecule has 1 aliphatic heterocycles. The molecular weight excluding hydrogens is 156 g/mol. The molecule has 1 aromatic rings. The first-order valence-electron chi connectivity index (χ1n) is 3.95. The number of nitrogens with zero attached hydrogens (tertiary/aromatic N) is 2. The number of ether oxygens (including phenoxy) is 2. The standard InChI is InChI=1S/C8H10N2O2/c1-2-11-8(12-3-1)7-4-9-6-10-5-7/h4-6,8H,1-3H2. The van der Waals surface area contributed by atoms with Crippen LogP contribution in [0.5, 0.6) is 0 Å². The summed E-state index contributed by atoms with van der Waals surface area (Å²) >= 11 is 0. The van der Waals surface area contributed by atoms with Crippen LogP contribution in [0.25, 0.3) is 0 Å². The fourth-order valence-electron chi connectivity index (χ4n) is 1.11. The largest absolute Gasteiger partial charge is 0.348 e. The van der Waals surface area contributed by atoms with Crippen LogP contribution in [-0.4, -0.2) is 23.2 Å². The Balaban J connectivity index is 2.08. The zero-order chi connectivity index (χ0) is 8.23. The summed E-state index contributed by atoms with van der Waals surface area (Å²) in [6.07, 6.45) is 5.61. The van der Waals surface area contributed by atoms with Gasteiger partial charge in [0.05, 0.1) is 13.2 Å². The summed E-state index contributed by atoms with van der Waals surface area (Å²) < 4.78 is 10.7. The van der Waals surface area contributed by atoms with Gasteiger partial charge in [-0.15, -0.1) is 0 Å². The van der Waals surface area contributed by atoms with Crippen molar-refractivity contribution < 1.29 is 9.47 Å². The first kappa shape index (κ1) is 7.64. The molecule has 1 aliphatic rings. The Bertz CT molecular complexity index is 234. The Morgan fingerprint density at radius 2 is 1.83 bits per heavy atom. The molecule has 64 valence electrons. The lowest BCUT2D eigenvalue weighted by Crippen LogP contribution is -2.17. The molecule has 0 spiro atoms. The third kappa shape index (κ3) is 1.60. The van der Waals surface area contributed by atoms with Crippen molar-refractivity contribution in [3.8, 4) is 0 Å². The van der Waals surface area contributed by atoms with Gasteiger partial charge in [0.25, 0.3) is 0 Å². The summed E-state index contributed by atoms with van der Waals surface area (Å²) in [6.45, 7) is 1.50. The molecule has 2 rings (SSSR count). The van der Waals surface area contributed by atoms with E-state index in [1.54, 1.807) is 12.4 Å². The van der Waals surface area contributed by atoms with E-state index in [0.717, 1.165) is 25.2 Å². The summed E-state index contributed by atoms with van der Waals surface area (Å²) in [7, 11) is 0. The van der Waals surface area contributed by atoms with Crippen LogP contribution < -0.4 is 0 Å². The molecule has 1 aromatic heterocycles. The third-order valence-electron chi connectivity index (χ3n) is 1.68. The quantitative estimate of drug-likeness (QED) is 0.622. The van der Waals surface area contributed by atoms with Crippen molar-refractivity contribution >= 4 is 0 Å². The van der Waals surface area contributed by atoms with E-state index in [9.17, 15) is 0 Å². The Labute approximate surface area is 70.6 Å². The molecule has 0 saturated carbocycles. The highest BCUT2D eigenvalue weighted by molar-refractivity contribution is 5.04. The number of hydrogen-bond donors (Lipinski definition) is 0. The first-order valence-corrected chi connectivity index (χ1v) is 3.95. The molecule has 0 amide bonds. The van der Waals surface area contributed by atoms with Gasteiger partial charge in [0.1, 0.15) is 6.33 Å². The van der Waals surface area contributed by atoms with E-state index in [4.69, 9.17) is 9.47 Å². The minimum Gasteiger partial charge on any atom is -0.348 e. The highest BCUT2D eigenvalue weighted by Crippen LogP contribution is 2.20. The van der Waals surface area contributed by atoms with E-state index in [1.807, 2.05) is 0 Å². The van der Waals surface area contributed by atoms with Gasteiger partial charge in [-0.3, -0.25) is 0 Å². The van der Waals surface area contributed by atoms with E-state index >= 15 is 0 Å². The normalized spacial score (nSPS) is 19.3. The van der Waals surface area contributed by atoms with Crippen LogP contribution in [0, 0.1) is 0 Å². The molecule has 12 heavy (non-hydrogen) atoms. The van der Waals surface area contributed by atoms with Crippen LogP contribution in [0.15, 0.2) is 18.7 Å². The number of hydrogen-bond acceptors (Lipinski definition) is 4. The van der Waals surface area contributed by atoms with Gasteiger partial charge in [0.2, 0.25) is 0 Å². The van der Waals surface area contributed by atoms with Crippen LogP contribution >= 0.6 is 0 Å². The van der Waals surface area contributed by atoms with Crippen molar-refractivity contribution in [1.29, 1.82) is 0 Å². The average Bonchev–Trinajstić information content (AvgIpc) is 2.21. The molecule has 0 bridgehead atoms. The minimum atomic E-state index is -0.264. The Morgan fingerprint density at radius 3 is 2.50 bits per heavy atom. The van der Waals surface area contributed by atoms with Crippen molar-refractivity contribution in [1.82, 2.24) is 9.97 Å². The molecule has 1 fully saturated rings. The molecule has 0 unspecified atom stereocenters. The van der Waals surface area contributed by atoms with Crippen LogP contribution in [0.1, 0.15) is 18.3 Å². The first-order chi connectivity index (χ1) is 5.97. The maximum atomic E-state index is 5.36. The van der Waals surface area contributed by atoms with Gasteiger partial charge in [-0.2, -0.15) is 0 Å². The summed E-state index contributed by atoms with van der Waals surface area (Å²) in [5.74, 6) is 0. The van der Waals surface area contributed by atoms with Gasteiger partial charge >= 0.3 is 0 Å². The maximum absolute atomic E-state index is 5.36. The van der Waals surface area contributed by atoms with Gasteiger partial charge < -0.3 is 9.47 Å². The van der Waals surface area contributed by atoms with Crippen molar-refractivity contribution in [3.05, 3.63) is 24.3 Å². The lowest BCUT2D eigenvalue weighted by atomic mass is 10.3. The third-order valence-corrected chi connectivity index (χ3v) is 1.68. The predicted molar refractivity (Wildman–Crippen MR) is 41.3 cm³/mol. The highest BCUT2D eigenvalue weighted by atomic mass is 16.7. The number of aromatic nitrogens is 2. The van der Waals surface area contributed by atoms with Crippen molar-refractivity contribution in [2.24, 2.45) is 0 Å². The van der Waals surface area contributed by atoms with E-state index in [-0.39, 0.29) is 6.29 Å². The average molecular weight is 166 g/mol. The van der Waals surface area contributed by atoms with Gasteiger partial charge in [0.15, 0.2) is 6.29 Å². The van der Waals surface area contributed by atoms with Crippen LogP contribution in [0.3, 0.4) is 0 Å². The summed E-state index contributed by atoms with van der Waals surface area (Å²) in [4.78, 5) is 7.78. The number of rotatable bonds is 1. The van der Waals surface area contributed by atoms with Gasteiger partial charge in [-0.1, -0.05) is 0 Å². The van der Waals surface area contributed by atoms with Gasteiger partial charge in [-0.25, -0.2) is 9.97 Å². The molecule has 0 aromatic carbocycles. The van der Waals surface area contributed by atoms with Crippen LogP contribution in [0.4, 0.5) is 0 Å². The minimum absolute atomic E-state index is 0.264. The summed E-state index contributed by atoms with van der Waals surface area (Å²) in [5.41, 5.74) is 0.886. The Hall–Kier alpha value is -1.00. The molecule has 4 heteroatoms. The zero-order valence-electron chi connectivity index (χ0n) is 6.64. The second-order valence-electron chi connectivity index (χ2n) is 2.60. The Kier molecular flexibility index (Phi) is 2.29. The summed E-state index contributed by atoms with van der Waals surface area (Å²) in [5, 5.41) is 0. The SMILES string of the molecule is c1ncc(C2OCCCO2)cn1. The molecule has 1 saturated heterocycles.